The normalized spacial score (nSPS) is 14.9. The van der Waals surface area contributed by atoms with E-state index in [1.165, 1.54) is 31.0 Å². The molecule has 4 rings (SSSR count). The highest BCUT2D eigenvalue weighted by Gasteiger charge is 2.34. The average molecular weight is 483 g/mol. The van der Waals surface area contributed by atoms with Crippen molar-refractivity contribution in [3.8, 4) is 0 Å². The number of benzene rings is 1. The maximum Gasteiger partial charge on any atom is 0.306 e. The summed E-state index contributed by atoms with van der Waals surface area (Å²) in [5.74, 6) is -0.269. The number of allylic oxidation sites excluding steroid dienone is 1. The van der Waals surface area contributed by atoms with Crippen LogP contribution in [0.4, 0.5) is 16.0 Å². The van der Waals surface area contributed by atoms with Crippen molar-refractivity contribution in [2.45, 2.75) is 31.5 Å². The van der Waals surface area contributed by atoms with Crippen molar-refractivity contribution in [2.24, 2.45) is 0 Å². The van der Waals surface area contributed by atoms with Crippen LogP contribution in [0.5, 0.6) is 0 Å². The van der Waals surface area contributed by atoms with Crippen LogP contribution in [-0.4, -0.2) is 44.5 Å². The zero-order chi connectivity index (χ0) is 24.2. The first-order valence-electron chi connectivity index (χ1n) is 10.5. The minimum absolute atomic E-state index is 0.210. The number of halogens is 1. The number of esters is 1. The monoisotopic (exact) mass is 482 g/mol. The van der Waals surface area contributed by atoms with Gasteiger partial charge in [0.25, 0.3) is 5.91 Å². The van der Waals surface area contributed by atoms with E-state index >= 15 is 0 Å². The van der Waals surface area contributed by atoms with Gasteiger partial charge in [0.2, 0.25) is 11.1 Å². The Labute approximate surface area is 199 Å². The van der Waals surface area contributed by atoms with Crippen LogP contribution in [-0.2, 0) is 14.3 Å². The van der Waals surface area contributed by atoms with E-state index in [1.54, 1.807) is 36.1 Å². The third-order valence-electron chi connectivity index (χ3n) is 5.14. The fraction of sp³-hybridized carbons (Fsp3) is 0.261. The van der Waals surface area contributed by atoms with E-state index in [0.29, 0.717) is 39.4 Å². The molecule has 1 atom stereocenters. The number of fused-ring (bicyclic) bond motifs is 1. The van der Waals surface area contributed by atoms with Crippen LogP contribution in [0.2, 0.25) is 0 Å². The molecular formula is C23H23FN6O3S. The summed E-state index contributed by atoms with van der Waals surface area (Å²) in [6, 6.07) is 7.14. The van der Waals surface area contributed by atoms with Crippen molar-refractivity contribution in [3.63, 3.8) is 0 Å². The van der Waals surface area contributed by atoms with Gasteiger partial charge in [-0.05, 0) is 43.2 Å². The fourth-order valence-corrected chi connectivity index (χ4v) is 4.37. The van der Waals surface area contributed by atoms with Gasteiger partial charge < -0.3 is 15.4 Å². The third kappa shape index (κ3) is 5.09. The lowest BCUT2D eigenvalue weighted by atomic mass is 9.95. The number of rotatable bonds is 7. The highest BCUT2D eigenvalue weighted by atomic mass is 32.2. The zero-order valence-electron chi connectivity index (χ0n) is 18.8. The van der Waals surface area contributed by atoms with Crippen LogP contribution in [0.1, 0.15) is 30.5 Å². The topological polar surface area (TPSA) is 111 Å². The molecule has 3 aromatic rings. The Kier molecular flexibility index (Phi) is 6.92. The maximum atomic E-state index is 14.2. The SMILES string of the molecule is COC(=O)CCSc1nc2n(n1)C(c1cccc(F)c1)C(C(=O)Nc1cncc(C)c1)=C(C)N2. The summed E-state index contributed by atoms with van der Waals surface area (Å²) in [6.07, 6.45) is 3.46. The molecule has 34 heavy (non-hydrogen) atoms. The molecule has 1 amide bonds. The molecule has 2 aromatic heterocycles. The second-order valence-corrected chi connectivity index (χ2v) is 8.73. The number of nitrogens with one attached hydrogen (secondary N) is 2. The summed E-state index contributed by atoms with van der Waals surface area (Å²) in [4.78, 5) is 33.4. The van der Waals surface area contributed by atoms with Crippen LogP contribution < -0.4 is 10.6 Å². The zero-order valence-corrected chi connectivity index (χ0v) is 19.6. The maximum absolute atomic E-state index is 14.2. The number of amides is 1. The lowest BCUT2D eigenvalue weighted by Gasteiger charge is -2.28. The lowest BCUT2D eigenvalue weighted by Crippen LogP contribution is -2.31. The minimum atomic E-state index is -0.716. The van der Waals surface area contributed by atoms with Gasteiger partial charge in [0, 0.05) is 17.6 Å². The molecule has 0 bridgehead atoms. The molecule has 0 saturated carbocycles. The van der Waals surface area contributed by atoms with Gasteiger partial charge in [-0.15, -0.1) is 5.10 Å². The molecule has 1 unspecified atom stereocenters. The summed E-state index contributed by atoms with van der Waals surface area (Å²) >= 11 is 1.29. The first-order valence-corrected chi connectivity index (χ1v) is 11.5. The van der Waals surface area contributed by atoms with Crippen LogP contribution in [0.15, 0.2) is 59.2 Å². The van der Waals surface area contributed by atoms with Gasteiger partial charge in [-0.2, -0.15) is 4.98 Å². The molecule has 0 aliphatic carbocycles. The van der Waals surface area contributed by atoms with E-state index in [4.69, 9.17) is 0 Å². The largest absolute Gasteiger partial charge is 0.469 e. The highest BCUT2D eigenvalue weighted by Crippen LogP contribution is 2.37. The number of methoxy groups -OCH3 is 1. The minimum Gasteiger partial charge on any atom is -0.469 e. The molecule has 0 fully saturated rings. The Morgan fingerprint density at radius 1 is 1.26 bits per heavy atom. The van der Waals surface area contributed by atoms with E-state index in [-0.39, 0.29) is 18.3 Å². The van der Waals surface area contributed by atoms with Crippen LogP contribution in [0, 0.1) is 12.7 Å². The molecule has 1 aromatic carbocycles. The van der Waals surface area contributed by atoms with Gasteiger partial charge >= 0.3 is 5.97 Å². The van der Waals surface area contributed by atoms with Gasteiger partial charge in [-0.3, -0.25) is 14.6 Å². The predicted octanol–water partition coefficient (Wildman–Crippen LogP) is 3.70. The van der Waals surface area contributed by atoms with Crippen molar-refractivity contribution in [1.29, 1.82) is 0 Å². The van der Waals surface area contributed by atoms with E-state index in [1.807, 2.05) is 13.0 Å². The second-order valence-electron chi connectivity index (χ2n) is 7.66. The van der Waals surface area contributed by atoms with Gasteiger partial charge in [-0.25, -0.2) is 9.07 Å². The molecule has 0 saturated heterocycles. The number of aromatic nitrogens is 4. The quantitative estimate of drug-likeness (QED) is 0.387. The van der Waals surface area contributed by atoms with E-state index in [2.05, 4.69) is 30.4 Å². The predicted molar refractivity (Wildman–Crippen MR) is 126 cm³/mol. The Bertz CT molecular complexity index is 1280. The van der Waals surface area contributed by atoms with Crippen LogP contribution in [0.25, 0.3) is 0 Å². The van der Waals surface area contributed by atoms with E-state index < -0.39 is 11.9 Å². The third-order valence-corrected chi connectivity index (χ3v) is 5.98. The Morgan fingerprint density at radius 2 is 2.09 bits per heavy atom. The second kappa shape index (κ2) is 10.0. The van der Waals surface area contributed by atoms with Crippen molar-refractivity contribution >= 4 is 35.3 Å². The summed E-state index contributed by atoms with van der Waals surface area (Å²) in [5.41, 5.74) is 2.94. The van der Waals surface area contributed by atoms with Crippen molar-refractivity contribution in [3.05, 3.63) is 70.9 Å². The lowest BCUT2D eigenvalue weighted by molar-refractivity contribution is -0.140. The van der Waals surface area contributed by atoms with E-state index in [9.17, 15) is 14.0 Å². The summed E-state index contributed by atoms with van der Waals surface area (Å²) < 4.78 is 20.4. The number of aryl methyl sites for hydroxylation is 1. The number of hydrogen-bond donors (Lipinski definition) is 2. The molecular weight excluding hydrogens is 459 g/mol. The van der Waals surface area contributed by atoms with Gasteiger partial charge in [0.15, 0.2) is 0 Å². The van der Waals surface area contributed by atoms with Crippen molar-refractivity contribution < 1.29 is 18.7 Å². The number of ether oxygens (including phenoxy) is 1. The molecule has 0 spiro atoms. The number of pyridine rings is 1. The Morgan fingerprint density at radius 3 is 2.82 bits per heavy atom. The Hall–Kier alpha value is -3.73. The molecule has 176 valence electrons. The first kappa shape index (κ1) is 23.4. The number of anilines is 2. The number of carbonyl (C=O) groups is 2. The molecule has 0 radical (unpaired) electrons. The van der Waals surface area contributed by atoms with Crippen molar-refractivity contribution in [2.75, 3.05) is 23.5 Å². The first-order chi connectivity index (χ1) is 16.4. The molecule has 11 heteroatoms. The molecule has 1 aliphatic rings. The summed E-state index contributed by atoms with van der Waals surface area (Å²) in [7, 11) is 1.34. The number of carbonyl (C=O) groups excluding carboxylic acids is 2. The average Bonchev–Trinajstić information content (AvgIpc) is 3.20. The number of thioether (sulfide) groups is 1. The number of hydrogen-bond acceptors (Lipinski definition) is 8. The fourth-order valence-electron chi connectivity index (χ4n) is 3.62. The Balaban J connectivity index is 1.69. The van der Waals surface area contributed by atoms with Crippen LogP contribution in [0.3, 0.4) is 0 Å². The van der Waals surface area contributed by atoms with E-state index in [0.717, 1.165) is 5.56 Å². The van der Waals surface area contributed by atoms with Gasteiger partial charge in [0.1, 0.15) is 11.9 Å². The molecule has 3 heterocycles. The standard InChI is InChI=1S/C23H23FN6O3S/c1-13-9-17(12-25-11-13)27-21(32)19-14(2)26-22-28-23(34-8-7-18(31)33-3)29-30(22)20(19)15-5-4-6-16(24)10-15/h4-6,9-12,20H,7-8H2,1-3H3,(H,27,32)(H,26,28,29). The molecule has 2 N–H and O–H groups in total. The highest BCUT2D eigenvalue weighted by molar-refractivity contribution is 7.99. The summed E-state index contributed by atoms with van der Waals surface area (Å²) in [5, 5.41) is 11.0. The number of nitrogens with zero attached hydrogens (tertiary/aromatic N) is 4. The van der Waals surface area contributed by atoms with Gasteiger partial charge in [-0.1, -0.05) is 23.9 Å². The smallest absolute Gasteiger partial charge is 0.306 e. The summed E-state index contributed by atoms with van der Waals surface area (Å²) in [6.45, 7) is 3.64. The van der Waals surface area contributed by atoms with Gasteiger partial charge in [0.05, 0.1) is 31.0 Å². The molecule has 9 nitrogen and oxygen atoms in total. The van der Waals surface area contributed by atoms with Crippen LogP contribution >= 0.6 is 11.8 Å². The van der Waals surface area contributed by atoms with Crippen molar-refractivity contribution in [1.82, 2.24) is 19.7 Å². The molecule has 1 aliphatic heterocycles.